The molecule has 0 saturated carbocycles. The van der Waals surface area contributed by atoms with Crippen LogP contribution in [0.3, 0.4) is 0 Å². The lowest BCUT2D eigenvalue weighted by Gasteiger charge is -2.42. The molecule has 1 heterocycles. The van der Waals surface area contributed by atoms with Crippen LogP contribution in [0.1, 0.15) is 32.4 Å². The van der Waals surface area contributed by atoms with E-state index >= 15 is 0 Å². The molecule has 0 amide bonds. The molecule has 1 aliphatic heterocycles. The zero-order chi connectivity index (χ0) is 15.6. The Labute approximate surface area is 125 Å². The summed E-state index contributed by atoms with van der Waals surface area (Å²) in [6.07, 6.45) is 0. The third-order valence-corrected chi connectivity index (χ3v) is 3.92. The van der Waals surface area contributed by atoms with Gasteiger partial charge in [-0.2, -0.15) is 0 Å². The average molecular weight is 298 g/mol. The van der Waals surface area contributed by atoms with Crippen LogP contribution in [0.15, 0.2) is 12.1 Å². The van der Waals surface area contributed by atoms with Crippen molar-refractivity contribution < 1.29 is 13.5 Å². The lowest BCUT2D eigenvalue weighted by molar-refractivity contribution is 0.0800. The number of methoxy groups -OCH3 is 1. The second kappa shape index (κ2) is 6.28. The standard InChI is InChI=1S/C16H24F2N2O/c1-16(2,3)15(20-9-7-19-8-10-20)13-11(17)5-6-12(21-4)14(13)18/h5-6,15,19H,7-10H2,1-4H3/t15-/m1/s1. The minimum Gasteiger partial charge on any atom is -0.494 e. The van der Waals surface area contributed by atoms with Crippen molar-refractivity contribution in [3.63, 3.8) is 0 Å². The van der Waals surface area contributed by atoms with Gasteiger partial charge in [-0.3, -0.25) is 4.90 Å². The predicted octanol–water partition coefficient (Wildman–Crippen LogP) is 2.97. The fraction of sp³-hybridized carbons (Fsp3) is 0.625. The van der Waals surface area contributed by atoms with Crippen molar-refractivity contribution in [2.45, 2.75) is 26.8 Å². The first-order chi connectivity index (χ1) is 9.86. The van der Waals surface area contributed by atoms with E-state index in [2.05, 4.69) is 10.2 Å². The van der Waals surface area contributed by atoms with Gasteiger partial charge in [0.25, 0.3) is 0 Å². The Balaban J connectivity index is 2.51. The van der Waals surface area contributed by atoms with Gasteiger partial charge < -0.3 is 10.1 Å². The van der Waals surface area contributed by atoms with Crippen molar-refractivity contribution in [2.75, 3.05) is 33.3 Å². The molecule has 1 N–H and O–H groups in total. The molecule has 1 fully saturated rings. The first kappa shape index (κ1) is 16.2. The number of nitrogens with zero attached hydrogens (tertiary/aromatic N) is 1. The molecule has 118 valence electrons. The maximum absolute atomic E-state index is 14.7. The number of nitrogens with one attached hydrogen (secondary N) is 1. The third kappa shape index (κ3) is 3.35. The van der Waals surface area contributed by atoms with Crippen molar-refractivity contribution >= 4 is 0 Å². The lowest BCUT2D eigenvalue weighted by atomic mass is 9.80. The van der Waals surface area contributed by atoms with Crippen LogP contribution in [0.25, 0.3) is 0 Å². The van der Waals surface area contributed by atoms with E-state index in [1.54, 1.807) is 0 Å². The maximum Gasteiger partial charge on any atom is 0.172 e. The van der Waals surface area contributed by atoms with E-state index in [1.165, 1.54) is 19.2 Å². The molecule has 1 aromatic carbocycles. The summed E-state index contributed by atoms with van der Waals surface area (Å²) in [4.78, 5) is 2.15. The first-order valence-corrected chi connectivity index (χ1v) is 7.33. The topological polar surface area (TPSA) is 24.5 Å². The minimum absolute atomic E-state index is 0.0933. The van der Waals surface area contributed by atoms with Gasteiger partial charge in [-0.15, -0.1) is 0 Å². The molecule has 0 aliphatic carbocycles. The molecule has 21 heavy (non-hydrogen) atoms. The number of halogens is 2. The second-order valence-corrected chi connectivity index (χ2v) is 6.53. The number of hydrogen-bond donors (Lipinski definition) is 1. The SMILES string of the molecule is COc1ccc(F)c([C@@H](N2CCNCC2)C(C)(C)C)c1F. The Morgan fingerprint density at radius 3 is 2.33 bits per heavy atom. The second-order valence-electron chi connectivity index (χ2n) is 6.53. The van der Waals surface area contributed by atoms with Gasteiger partial charge >= 0.3 is 0 Å². The maximum atomic E-state index is 14.7. The van der Waals surface area contributed by atoms with E-state index in [0.717, 1.165) is 26.2 Å². The predicted molar refractivity (Wildman–Crippen MR) is 79.5 cm³/mol. The summed E-state index contributed by atoms with van der Waals surface area (Å²) in [5.41, 5.74) is -0.172. The van der Waals surface area contributed by atoms with Crippen LogP contribution in [0.4, 0.5) is 8.78 Å². The van der Waals surface area contributed by atoms with Crippen LogP contribution in [0.5, 0.6) is 5.75 Å². The van der Waals surface area contributed by atoms with Crippen LogP contribution in [-0.4, -0.2) is 38.2 Å². The molecule has 1 saturated heterocycles. The number of benzene rings is 1. The summed E-state index contributed by atoms with van der Waals surface area (Å²) in [5, 5.41) is 3.27. The van der Waals surface area contributed by atoms with Crippen LogP contribution < -0.4 is 10.1 Å². The van der Waals surface area contributed by atoms with Crippen molar-refractivity contribution in [1.82, 2.24) is 10.2 Å². The van der Waals surface area contributed by atoms with Crippen molar-refractivity contribution in [3.8, 4) is 5.75 Å². The molecule has 0 aromatic heterocycles. The Morgan fingerprint density at radius 1 is 1.19 bits per heavy atom. The summed E-state index contributed by atoms with van der Waals surface area (Å²) in [7, 11) is 1.40. The molecular formula is C16H24F2N2O. The summed E-state index contributed by atoms with van der Waals surface area (Å²) in [5.74, 6) is -1.00. The van der Waals surface area contributed by atoms with Gasteiger partial charge in [-0.05, 0) is 17.5 Å². The van der Waals surface area contributed by atoms with Crippen molar-refractivity contribution in [2.24, 2.45) is 5.41 Å². The smallest absolute Gasteiger partial charge is 0.172 e. The van der Waals surface area contributed by atoms with Crippen LogP contribution in [0, 0.1) is 17.0 Å². The van der Waals surface area contributed by atoms with Gasteiger partial charge in [0.05, 0.1) is 7.11 Å². The Morgan fingerprint density at radius 2 is 1.81 bits per heavy atom. The minimum atomic E-state index is -0.587. The van der Waals surface area contributed by atoms with Gasteiger partial charge in [0.1, 0.15) is 5.82 Å². The van der Waals surface area contributed by atoms with E-state index < -0.39 is 11.6 Å². The van der Waals surface area contributed by atoms with Crippen molar-refractivity contribution in [1.29, 1.82) is 0 Å². The fourth-order valence-corrected chi connectivity index (χ4v) is 3.06. The highest BCUT2D eigenvalue weighted by atomic mass is 19.1. The van der Waals surface area contributed by atoms with Crippen LogP contribution in [-0.2, 0) is 0 Å². The summed E-state index contributed by atoms with van der Waals surface area (Å²) in [6, 6.07) is 2.30. The molecule has 1 aromatic rings. The van der Waals surface area contributed by atoms with Gasteiger partial charge in [-0.1, -0.05) is 20.8 Å². The zero-order valence-corrected chi connectivity index (χ0v) is 13.2. The van der Waals surface area contributed by atoms with E-state index in [0.29, 0.717) is 0 Å². The number of ether oxygens (including phenoxy) is 1. The largest absolute Gasteiger partial charge is 0.494 e. The number of rotatable bonds is 3. The summed E-state index contributed by atoms with van der Waals surface area (Å²) in [6.45, 7) is 9.25. The Kier molecular flexibility index (Phi) is 4.84. The molecule has 0 radical (unpaired) electrons. The van der Waals surface area contributed by atoms with Crippen LogP contribution in [0.2, 0.25) is 0 Å². The highest BCUT2D eigenvalue weighted by Gasteiger charge is 2.37. The molecule has 0 spiro atoms. The van der Waals surface area contributed by atoms with E-state index in [4.69, 9.17) is 4.74 Å². The normalized spacial score (nSPS) is 18.6. The fourth-order valence-electron chi connectivity index (χ4n) is 3.06. The lowest BCUT2D eigenvalue weighted by Crippen LogP contribution is -2.48. The molecule has 5 heteroatoms. The molecule has 2 rings (SSSR count). The van der Waals surface area contributed by atoms with Gasteiger partial charge in [0.15, 0.2) is 11.6 Å². The highest BCUT2D eigenvalue weighted by molar-refractivity contribution is 5.35. The van der Waals surface area contributed by atoms with Crippen molar-refractivity contribution in [3.05, 3.63) is 29.3 Å². The molecule has 1 aliphatic rings. The van der Waals surface area contributed by atoms with Gasteiger partial charge in [0, 0.05) is 37.8 Å². The summed E-state index contributed by atoms with van der Waals surface area (Å²) < 4.78 is 34.0. The van der Waals surface area contributed by atoms with Gasteiger partial charge in [0.2, 0.25) is 0 Å². The van der Waals surface area contributed by atoms with E-state index in [9.17, 15) is 8.78 Å². The monoisotopic (exact) mass is 298 g/mol. The van der Waals surface area contributed by atoms with Crippen LogP contribution >= 0.6 is 0 Å². The Bertz CT molecular complexity index is 494. The third-order valence-electron chi connectivity index (χ3n) is 3.92. The highest BCUT2D eigenvalue weighted by Crippen LogP contribution is 2.42. The quantitative estimate of drug-likeness (QED) is 0.928. The molecule has 1 atom stereocenters. The molecule has 0 unspecified atom stereocenters. The first-order valence-electron chi connectivity index (χ1n) is 7.33. The van der Waals surface area contributed by atoms with E-state index in [-0.39, 0.29) is 22.8 Å². The summed E-state index contributed by atoms with van der Waals surface area (Å²) >= 11 is 0. The number of piperazine rings is 1. The average Bonchev–Trinajstić information content (AvgIpc) is 2.43. The van der Waals surface area contributed by atoms with Gasteiger partial charge in [-0.25, -0.2) is 8.78 Å². The Hall–Kier alpha value is -1.20. The van der Waals surface area contributed by atoms with E-state index in [1.807, 2.05) is 20.8 Å². The zero-order valence-electron chi connectivity index (χ0n) is 13.2. The molecular weight excluding hydrogens is 274 g/mol. The molecule has 3 nitrogen and oxygen atoms in total. The number of hydrogen-bond acceptors (Lipinski definition) is 3. The molecule has 0 bridgehead atoms.